The summed E-state index contributed by atoms with van der Waals surface area (Å²) in [5.74, 6) is 0.949. The van der Waals surface area contributed by atoms with Crippen LogP contribution in [0.5, 0.6) is 5.75 Å². The summed E-state index contributed by atoms with van der Waals surface area (Å²) in [5.41, 5.74) is 1.79. The van der Waals surface area contributed by atoms with Gasteiger partial charge in [0.05, 0.1) is 18.8 Å². The van der Waals surface area contributed by atoms with Gasteiger partial charge in [0.1, 0.15) is 5.75 Å². The van der Waals surface area contributed by atoms with Crippen LogP contribution < -0.4 is 10.1 Å². The highest BCUT2D eigenvalue weighted by atomic mass is 16.5. The molecule has 1 aliphatic heterocycles. The number of carbonyl (C=O) groups excluding carboxylic acids is 1. The van der Waals surface area contributed by atoms with Crippen LogP contribution in [0, 0.1) is 5.41 Å². The molecule has 0 saturated carbocycles. The molecular weight excluding hydrogens is 374 g/mol. The van der Waals surface area contributed by atoms with Gasteiger partial charge in [-0.05, 0) is 55.6 Å². The number of aromatic nitrogens is 1. The molecule has 5 heteroatoms. The lowest BCUT2D eigenvalue weighted by atomic mass is 9.91. The van der Waals surface area contributed by atoms with Crippen LogP contribution >= 0.6 is 0 Å². The molecule has 1 aliphatic rings. The largest absolute Gasteiger partial charge is 0.497 e. The molecule has 3 rings (SSSR count). The van der Waals surface area contributed by atoms with E-state index in [0.717, 1.165) is 37.4 Å². The Morgan fingerprint density at radius 2 is 1.97 bits per heavy atom. The van der Waals surface area contributed by atoms with Crippen molar-refractivity contribution >= 4 is 5.91 Å². The molecule has 0 unspecified atom stereocenters. The molecule has 0 spiro atoms. The number of hydrogen-bond donors (Lipinski definition) is 1. The lowest BCUT2D eigenvalue weighted by molar-refractivity contribution is -0.129. The number of piperidine rings is 1. The summed E-state index contributed by atoms with van der Waals surface area (Å²) in [6.07, 6.45) is 6.27. The van der Waals surface area contributed by atoms with Crippen LogP contribution in [0.3, 0.4) is 0 Å². The number of amides is 1. The van der Waals surface area contributed by atoms with E-state index in [1.165, 1.54) is 18.4 Å². The van der Waals surface area contributed by atoms with E-state index in [1.54, 1.807) is 7.11 Å². The molecule has 1 aromatic heterocycles. The van der Waals surface area contributed by atoms with Crippen molar-refractivity contribution < 1.29 is 9.53 Å². The van der Waals surface area contributed by atoms with Gasteiger partial charge in [0.25, 0.3) is 0 Å². The molecule has 1 amide bonds. The fourth-order valence-corrected chi connectivity index (χ4v) is 3.98. The minimum Gasteiger partial charge on any atom is -0.497 e. The monoisotopic (exact) mass is 409 g/mol. The van der Waals surface area contributed by atoms with E-state index in [4.69, 9.17) is 4.74 Å². The van der Waals surface area contributed by atoms with E-state index in [0.29, 0.717) is 6.04 Å². The van der Waals surface area contributed by atoms with Gasteiger partial charge in [-0.25, -0.2) is 0 Å². The highest BCUT2D eigenvalue weighted by molar-refractivity contribution is 5.81. The second-order valence-electron chi connectivity index (χ2n) is 9.23. The van der Waals surface area contributed by atoms with E-state index in [2.05, 4.69) is 27.3 Å². The molecule has 1 N–H and O–H groups in total. The molecule has 2 aromatic rings. The van der Waals surface area contributed by atoms with Crippen LogP contribution in [0.2, 0.25) is 0 Å². The van der Waals surface area contributed by atoms with Gasteiger partial charge in [0, 0.05) is 24.2 Å². The van der Waals surface area contributed by atoms with Crippen molar-refractivity contribution in [3.63, 3.8) is 0 Å². The standard InChI is InChI=1S/C25H35N3O2/c1-25(2,3)24(29)27-23(22-10-5-7-15-26-22)17-20-9-6-8-16-28(20)18-19-11-13-21(30-4)14-12-19/h5,7,10-15,20,23H,6,8-9,16-18H2,1-4H3,(H,27,29)/t20-,23+/m1/s1. The first kappa shape index (κ1) is 22.3. The normalized spacial score (nSPS) is 18.6. The topological polar surface area (TPSA) is 54.5 Å². The molecule has 5 nitrogen and oxygen atoms in total. The highest BCUT2D eigenvalue weighted by Crippen LogP contribution is 2.29. The molecule has 1 aromatic carbocycles. The number of nitrogens with one attached hydrogen (secondary N) is 1. The van der Waals surface area contributed by atoms with Crippen molar-refractivity contribution in [1.29, 1.82) is 0 Å². The molecule has 2 atom stereocenters. The molecule has 0 bridgehead atoms. The van der Waals surface area contributed by atoms with Crippen LogP contribution in [-0.4, -0.2) is 35.5 Å². The maximum atomic E-state index is 12.8. The third-order valence-electron chi connectivity index (χ3n) is 5.83. The van der Waals surface area contributed by atoms with Gasteiger partial charge in [0.2, 0.25) is 5.91 Å². The summed E-state index contributed by atoms with van der Waals surface area (Å²) in [5, 5.41) is 3.28. The number of rotatable bonds is 7. The fraction of sp³-hybridized carbons (Fsp3) is 0.520. The van der Waals surface area contributed by atoms with E-state index in [9.17, 15) is 4.79 Å². The van der Waals surface area contributed by atoms with Crippen LogP contribution in [0.4, 0.5) is 0 Å². The fourth-order valence-electron chi connectivity index (χ4n) is 3.98. The number of pyridine rings is 1. The Bertz CT molecular complexity index is 799. The van der Waals surface area contributed by atoms with E-state index in [-0.39, 0.29) is 11.9 Å². The molecule has 30 heavy (non-hydrogen) atoms. The van der Waals surface area contributed by atoms with E-state index in [1.807, 2.05) is 57.3 Å². The molecule has 1 fully saturated rings. The second kappa shape index (κ2) is 10.1. The van der Waals surface area contributed by atoms with Crippen LogP contribution in [-0.2, 0) is 11.3 Å². The number of likely N-dealkylation sites (tertiary alicyclic amines) is 1. The summed E-state index contributed by atoms with van der Waals surface area (Å²) >= 11 is 0. The van der Waals surface area contributed by atoms with Crippen molar-refractivity contribution in [2.24, 2.45) is 5.41 Å². The van der Waals surface area contributed by atoms with Gasteiger partial charge in [-0.15, -0.1) is 0 Å². The Morgan fingerprint density at radius 1 is 1.20 bits per heavy atom. The quantitative estimate of drug-likeness (QED) is 0.718. The molecule has 0 radical (unpaired) electrons. The molecule has 1 saturated heterocycles. The Labute approximate surface area is 180 Å². The van der Waals surface area contributed by atoms with Crippen molar-refractivity contribution in [2.75, 3.05) is 13.7 Å². The average molecular weight is 410 g/mol. The summed E-state index contributed by atoms with van der Waals surface area (Å²) in [6.45, 7) is 7.85. The first-order valence-electron chi connectivity index (χ1n) is 11.0. The molecular formula is C25H35N3O2. The summed E-state index contributed by atoms with van der Waals surface area (Å²) in [7, 11) is 1.69. The number of carbonyl (C=O) groups is 1. The lowest BCUT2D eigenvalue weighted by Gasteiger charge is -2.38. The van der Waals surface area contributed by atoms with Gasteiger partial charge in [-0.2, -0.15) is 0 Å². The van der Waals surface area contributed by atoms with Crippen molar-refractivity contribution in [3.05, 3.63) is 59.9 Å². The first-order valence-corrected chi connectivity index (χ1v) is 11.0. The number of methoxy groups -OCH3 is 1. The SMILES string of the molecule is COc1ccc(CN2CCCC[C@@H]2C[C@H](NC(=O)C(C)(C)C)c2ccccn2)cc1. The van der Waals surface area contributed by atoms with Crippen molar-refractivity contribution in [2.45, 2.75) is 65.1 Å². The maximum Gasteiger partial charge on any atom is 0.225 e. The van der Waals surface area contributed by atoms with Crippen LogP contribution in [0.25, 0.3) is 0 Å². The predicted molar refractivity (Wildman–Crippen MR) is 120 cm³/mol. The van der Waals surface area contributed by atoms with Crippen molar-refractivity contribution in [3.8, 4) is 5.75 Å². The summed E-state index contributed by atoms with van der Waals surface area (Å²) < 4.78 is 5.29. The third-order valence-corrected chi connectivity index (χ3v) is 5.83. The number of ether oxygens (including phenoxy) is 1. The van der Waals surface area contributed by atoms with Crippen molar-refractivity contribution in [1.82, 2.24) is 15.2 Å². The highest BCUT2D eigenvalue weighted by Gasteiger charge is 2.30. The van der Waals surface area contributed by atoms with E-state index >= 15 is 0 Å². The minimum atomic E-state index is -0.428. The molecule has 2 heterocycles. The smallest absolute Gasteiger partial charge is 0.225 e. The zero-order valence-electron chi connectivity index (χ0n) is 18.7. The minimum absolute atomic E-state index is 0.0654. The maximum absolute atomic E-state index is 12.8. The van der Waals surface area contributed by atoms with Gasteiger partial charge >= 0.3 is 0 Å². The summed E-state index contributed by atoms with van der Waals surface area (Å²) in [6, 6.07) is 14.6. The van der Waals surface area contributed by atoms with Gasteiger partial charge in [-0.3, -0.25) is 14.7 Å². The lowest BCUT2D eigenvalue weighted by Crippen LogP contribution is -2.44. The Kier molecular flexibility index (Phi) is 7.48. The van der Waals surface area contributed by atoms with Gasteiger partial charge < -0.3 is 10.1 Å². The number of nitrogens with zero attached hydrogens (tertiary/aromatic N) is 2. The second-order valence-corrected chi connectivity index (χ2v) is 9.23. The van der Waals surface area contributed by atoms with E-state index < -0.39 is 5.41 Å². The van der Waals surface area contributed by atoms with Crippen LogP contribution in [0.1, 0.15) is 63.8 Å². The Balaban J connectivity index is 1.75. The molecule has 0 aliphatic carbocycles. The van der Waals surface area contributed by atoms with Crippen LogP contribution in [0.15, 0.2) is 48.7 Å². The molecule has 162 valence electrons. The predicted octanol–water partition coefficient (Wildman–Crippen LogP) is 4.74. The number of hydrogen-bond acceptors (Lipinski definition) is 4. The zero-order chi connectivity index (χ0) is 21.6. The zero-order valence-corrected chi connectivity index (χ0v) is 18.7. The van der Waals surface area contributed by atoms with Gasteiger partial charge in [-0.1, -0.05) is 45.4 Å². The average Bonchev–Trinajstić information content (AvgIpc) is 2.75. The third kappa shape index (κ3) is 6.05. The first-order chi connectivity index (χ1) is 14.4. The Hall–Kier alpha value is -2.40. The Morgan fingerprint density at radius 3 is 2.60 bits per heavy atom. The van der Waals surface area contributed by atoms with Gasteiger partial charge in [0.15, 0.2) is 0 Å². The summed E-state index contributed by atoms with van der Waals surface area (Å²) in [4.78, 5) is 19.9. The number of benzene rings is 1.